The zero-order valence-corrected chi connectivity index (χ0v) is 10.3. The number of para-hydroxylation sites is 1. The van der Waals surface area contributed by atoms with Crippen molar-refractivity contribution < 1.29 is 14.8 Å². The number of nitro benzene ring substituents is 1. The van der Waals surface area contributed by atoms with E-state index in [1.807, 2.05) is 0 Å². The van der Waals surface area contributed by atoms with Crippen molar-refractivity contribution in [1.29, 1.82) is 5.26 Å². The lowest BCUT2D eigenvalue weighted by molar-refractivity contribution is -0.384. The SMILES string of the molecule is CCC(CC(=O)O)Nc1cccc(C#N)c1[N+](=O)[O-]. The summed E-state index contributed by atoms with van der Waals surface area (Å²) >= 11 is 0. The average molecular weight is 263 g/mol. The molecule has 0 amide bonds. The van der Waals surface area contributed by atoms with E-state index in [4.69, 9.17) is 10.4 Å². The van der Waals surface area contributed by atoms with Gasteiger partial charge in [-0.25, -0.2) is 0 Å². The molecule has 0 saturated heterocycles. The Morgan fingerprint density at radius 1 is 1.63 bits per heavy atom. The third-order valence-electron chi connectivity index (χ3n) is 2.61. The zero-order chi connectivity index (χ0) is 14.4. The molecule has 1 atom stereocenters. The number of nitrogens with zero attached hydrogens (tertiary/aromatic N) is 2. The van der Waals surface area contributed by atoms with Crippen molar-refractivity contribution >= 4 is 17.3 Å². The van der Waals surface area contributed by atoms with E-state index in [0.717, 1.165) is 0 Å². The Hall–Kier alpha value is -2.62. The minimum atomic E-state index is -0.988. The van der Waals surface area contributed by atoms with Crippen molar-refractivity contribution in [2.45, 2.75) is 25.8 Å². The summed E-state index contributed by atoms with van der Waals surface area (Å²) < 4.78 is 0. The lowest BCUT2D eigenvalue weighted by Gasteiger charge is -2.16. The molecule has 7 nitrogen and oxygen atoms in total. The second kappa shape index (κ2) is 6.35. The maximum absolute atomic E-state index is 11.0. The number of carbonyl (C=O) groups is 1. The third-order valence-corrected chi connectivity index (χ3v) is 2.61. The maximum Gasteiger partial charge on any atom is 0.309 e. The van der Waals surface area contributed by atoms with Gasteiger partial charge in [0.15, 0.2) is 0 Å². The highest BCUT2D eigenvalue weighted by atomic mass is 16.6. The van der Waals surface area contributed by atoms with Crippen molar-refractivity contribution in [3.63, 3.8) is 0 Å². The Kier molecular flexibility index (Phi) is 4.83. The van der Waals surface area contributed by atoms with E-state index < -0.39 is 16.9 Å². The molecule has 1 rings (SSSR count). The van der Waals surface area contributed by atoms with Gasteiger partial charge in [-0.15, -0.1) is 0 Å². The number of rotatable bonds is 6. The molecule has 0 aliphatic rings. The number of nitriles is 1. The van der Waals surface area contributed by atoms with Crippen LogP contribution >= 0.6 is 0 Å². The first kappa shape index (κ1) is 14.4. The Balaban J connectivity index is 3.10. The molecule has 2 N–H and O–H groups in total. The number of aliphatic carboxylic acids is 1. The summed E-state index contributed by atoms with van der Waals surface area (Å²) in [7, 11) is 0. The highest BCUT2D eigenvalue weighted by molar-refractivity contribution is 5.71. The fourth-order valence-corrected chi connectivity index (χ4v) is 1.68. The van der Waals surface area contributed by atoms with Gasteiger partial charge in [0.2, 0.25) is 0 Å². The first-order valence-corrected chi connectivity index (χ1v) is 5.65. The summed E-state index contributed by atoms with van der Waals surface area (Å²) in [5.41, 5.74) is -0.217. The van der Waals surface area contributed by atoms with Crippen LogP contribution in [-0.4, -0.2) is 22.0 Å². The van der Waals surface area contributed by atoms with E-state index in [1.54, 1.807) is 13.0 Å². The van der Waals surface area contributed by atoms with Crippen LogP contribution in [0.15, 0.2) is 18.2 Å². The lowest BCUT2D eigenvalue weighted by Crippen LogP contribution is -2.22. The number of anilines is 1. The van der Waals surface area contributed by atoms with E-state index >= 15 is 0 Å². The van der Waals surface area contributed by atoms with Crippen LogP contribution in [0.3, 0.4) is 0 Å². The number of hydrogen-bond acceptors (Lipinski definition) is 5. The third kappa shape index (κ3) is 3.67. The molecule has 0 aliphatic carbocycles. The van der Waals surface area contributed by atoms with Gasteiger partial charge in [-0.3, -0.25) is 14.9 Å². The molecule has 0 bridgehead atoms. The molecule has 0 fully saturated rings. The first-order chi connectivity index (χ1) is 8.99. The van der Waals surface area contributed by atoms with Gasteiger partial charge >= 0.3 is 11.7 Å². The fourth-order valence-electron chi connectivity index (χ4n) is 1.68. The Labute approximate surface area is 109 Å². The van der Waals surface area contributed by atoms with Crippen LogP contribution in [0.2, 0.25) is 0 Å². The molecular formula is C12H13N3O4. The molecule has 0 aromatic heterocycles. The van der Waals surface area contributed by atoms with E-state index in [9.17, 15) is 14.9 Å². The lowest BCUT2D eigenvalue weighted by atomic mass is 10.1. The van der Waals surface area contributed by atoms with Crippen LogP contribution in [0.1, 0.15) is 25.3 Å². The molecule has 0 saturated carbocycles. The van der Waals surface area contributed by atoms with Crippen LogP contribution in [0, 0.1) is 21.4 Å². The number of hydrogen-bond donors (Lipinski definition) is 2. The monoisotopic (exact) mass is 263 g/mol. The van der Waals surface area contributed by atoms with Crippen LogP contribution < -0.4 is 5.32 Å². The van der Waals surface area contributed by atoms with Gasteiger partial charge in [0.05, 0.1) is 11.3 Å². The highest BCUT2D eigenvalue weighted by Crippen LogP contribution is 2.29. The predicted molar refractivity (Wildman–Crippen MR) is 67.8 cm³/mol. The average Bonchev–Trinajstić information content (AvgIpc) is 2.36. The van der Waals surface area contributed by atoms with Crippen molar-refractivity contribution in [3.05, 3.63) is 33.9 Å². The number of nitro groups is 1. The highest BCUT2D eigenvalue weighted by Gasteiger charge is 2.22. The maximum atomic E-state index is 11.0. The summed E-state index contributed by atoms with van der Waals surface area (Å²) in [6.07, 6.45) is 0.352. The van der Waals surface area contributed by atoms with Gasteiger partial charge in [0.1, 0.15) is 17.3 Å². The van der Waals surface area contributed by atoms with Crippen LogP contribution in [0.25, 0.3) is 0 Å². The minimum absolute atomic E-state index is 0.0554. The molecule has 0 heterocycles. The summed E-state index contributed by atoms with van der Waals surface area (Å²) in [5, 5.41) is 31.4. The van der Waals surface area contributed by atoms with Gasteiger partial charge < -0.3 is 10.4 Å². The molecule has 0 aliphatic heterocycles. The van der Waals surface area contributed by atoms with Gasteiger partial charge in [-0.2, -0.15) is 5.26 Å². The van der Waals surface area contributed by atoms with Crippen LogP contribution in [-0.2, 0) is 4.79 Å². The molecule has 0 spiro atoms. The molecule has 0 radical (unpaired) electrons. The second-order valence-corrected chi connectivity index (χ2v) is 3.92. The summed E-state index contributed by atoms with van der Waals surface area (Å²) in [4.78, 5) is 21.0. The van der Waals surface area contributed by atoms with E-state index in [0.29, 0.717) is 6.42 Å². The molecule has 1 aromatic rings. The summed E-state index contributed by atoms with van der Waals surface area (Å²) in [6, 6.07) is 5.65. The molecule has 19 heavy (non-hydrogen) atoms. The number of carboxylic acids is 1. The Bertz CT molecular complexity index is 536. The molecule has 1 unspecified atom stereocenters. The van der Waals surface area contributed by atoms with E-state index in [1.165, 1.54) is 18.2 Å². The van der Waals surface area contributed by atoms with Crippen molar-refractivity contribution in [3.8, 4) is 6.07 Å². The summed E-state index contributed by atoms with van der Waals surface area (Å²) in [6.45, 7) is 1.78. The van der Waals surface area contributed by atoms with Gasteiger partial charge in [0, 0.05) is 6.04 Å². The summed E-state index contributed by atoms with van der Waals surface area (Å²) in [5.74, 6) is -0.988. The normalized spacial score (nSPS) is 11.4. The van der Waals surface area contributed by atoms with Crippen molar-refractivity contribution in [2.75, 3.05) is 5.32 Å². The largest absolute Gasteiger partial charge is 0.481 e. The minimum Gasteiger partial charge on any atom is -0.481 e. The van der Waals surface area contributed by atoms with Crippen LogP contribution in [0.4, 0.5) is 11.4 Å². The van der Waals surface area contributed by atoms with Crippen molar-refractivity contribution in [2.24, 2.45) is 0 Å². The Morgan fingerprint density at radius 2 is 2.32 bits per heavy atom. The number of nitrogens with one attached hydrogen (secondary N) is 1. The standard InChI is InChI=1S/C12H13N3O4/c1-2-9(6-11(16)17)14-10-5-3-4-8(7-13)12(10)15(18)19/h3-5,9,14H,2,6H2,1H3,(H,16,17). The van der Waals surface area contributed by atoms with E-state index in [-0.39, 0.29) is 23.4 Å². The first-order valence-electron chi connectivity index (χ1n) is 5.65. The fraction of sp³-hybridized carbons (Fsp3) is 0.333. The number of carboxylic acid groups (broad SMARTS) is 1. The quantitative estimate of drug-likeness (QED) is 0.599. The van der Waals surface area contributed by atoms with Gasteiger partial charge in [-0.1, -0.05) is 13.0 Å². The van der Waals surface area contributed by atoms with Gasteiger partial charge in [-0.05, 0) is 18.6 Å². The van der Waals surface area contributed by atoms with Gasteiger partial charge in [0.25, 0.3) is 0 Å². The predicted octanol–water partition coefficient (Wildman–Crippen LogP) is 2.13. The molecular weight excluding hydrogens is 250 g/mol. The van der Waals surface area contributed by atoms with E-state index in [2.05, 4.69) is 5.32 Å². The second-order valence-electron chi connectivity index (χ2n) is 3.92. The molecule has 1 aromatic carbocycles. The number of benzene rings is 1. The zero-order valence-electron chi connectivity index (χ0n) is 10.3. The Morgan fingerprint density at radius 3 is 2.79 bits per heavy atom. The van der Waals surface area contributed by atoms with Crippen LogP contribution in [0.5, 0.6) is 0 Å². The smallest absolute Gasteiger partial charge is 0.309 e. The van der Waals surface area contributed by atoms with Crippen molar-refractivity contribution in [1.82, 2.24) is 0 Å². The molecule has 7 heteroatoms. The molecule has 100 valence electrons. The topological polar surface area (TPSA) is 116 Å².